The molecule has 1 rings (SSSR count). The number of halogens is 2. The van der Waals surface area contributed by atoms with Crippen LogP contribution in [0, 0.1) is 11.6 Å². The molecule has 1 aromatic rings. The molecule has 5 nitrogen and oxygen atoms in total. The van der Waals surface area contributed by atoms with E-state index in [2.05, 4.69) is 5.32 Å². The summed E-state index contributed by atoms with van der Waals surface area (Å²) in [4.78, 5) is 24.2. The summed E-state index contributed by atoms with van der Waals surface area (Å²) in [5.41, 5.74) is 4.97. The molecule has 0 aliphatic carbocycles. The first-order chi connectivity index (χ1) is 9.29. The molecule has 2 amide bonds. The molecule has 0 saturated carbocycles. The van der Waals surface area contributed by atoms with E-state index in [1.165, 1.54) is 0 Å². The maximum Gasteiger partial charge on any atom is 0.238 e. The highest BCUT2D eigenvalue weighted by Crippen LogP contribution is 2.14. The minimum atomic E-state index is -0.857. The van der Waals surface area contributed by atoms with E-state index in [9.17, 15) is 18.4 Å². The van der Waals surface area contributed by atoms with Gasteiger partial charge in [-0.3, -0.25) is 14.5 Å². The fraction of sp³-hybridized carbons (Fsp3) is 0.385. The average Bonchev–Trinajstić information content (AvgIpc) is 2.31. The molecular weight excluding hydrogens is 268 g/mol. The summed E-state index contributed by atoms with van der Waals surface area (Å²) in [7, 11) is 0. The zero-order valence-corrected chi connectivity index (χ0v) is 11.3. The predicted octanol–water partition coefficient (Wildman–Crippen LogP) is 1.10. The molecular formula is C13H17F2N3O2. The van der Waals surface area contributed by atoms with Crippen molar-refractivity contribution in [3.63, 3.8) is 0 Å². The minimum absolute atomic E-state index is 0.0724. The maximum absolute atomic E-state index is 13.4. The number of carbonyl (C=O) groups is 2. The fourth-order valence-electron chi connectivity index (χ4n) is 1.59. The van der Waals surface area contributed by atoms with E-state index in [0.717, 1.165) is 12.1 Å². The summed E-state index contributed by atoms with van der Waals surface area (Å²) < 4.78 is 26.1. The molecule has 3 N–H and O–H groups in total. The monoisotopic (exact) mass is 285 g/mol. The van der Waals surface area contributed by atoms with Crippen LogP contribution in [0.3, 0.4) is 0 Å². The van der Waals surface area contributed by atoms with Gasteiger partial charge in [-0.2, -0.15) is 0 Å². The van der Waals surface area contributed by atoms with Gasteiger partial charge in [0.05, 0.1) is 18.8 Å². The van der Waals surface area contributed by atoms with Gasteiger partial charge in [0, 0.05) is 12.1 Å². The van der Waals surface area contributed by atoms with Crippen LogP contribution in [0.25, 0.3) is 0 Å². The molecule has 0 fully saturated rings. The molecule has 0 radical (unpaired) electrons. The van der Waals surface area contributed by atoms with Gasteiger partial charge in [0.15, 0.2) is 0 Å². The van der Waals surface area contributed by atoms with Gasteiger partial charge in [-0.15, -0.1) is 0 Å². The molecule has 0 aliphatic heterocycles. The van der Waals surface area contributed by atoms with E-state index in [-0.39, 0.29) is 24.8 Å². The molecule has 7 heteroatoms. The normalized spacial score (nSPS) is 10.9. The number of amides is 2. The largest absolute Gasteiger partial charge is 0.369 e. The molecule has 0 saturated heterocycles. The quantitative estimate of drug-likeness (QED) is 0.822. The maximum atomic E-state index is 13.4. The first-order valence-corrected chi connectivity index (χ1v) is 6.07. The van der Waals surface area contributed by atoms with Crippen LogP contribution in [0.2, 0.25) is 0 Å². The van der Waals surface area contributed by atoms with Gasteiger partial charge in [-0.05, 0) is 26.0 Å². The Morgan fingerprint density at radius 1 is 1.30 bits per heavy atom. The highest BCUT2D eigenvalue weighted by molar-refractivity contribution is 5.92. The fourth-order valence-corrected chi connectivity index (χ4v) is 1.59. The van der Waals surface area contributed by atoms with Crippen molar-refractivity contribution in [1.82, 2.24) is 4.90 Å². The number of anilines is 1. The third kappa shape index (κ3) is 4.93. The van der Waals surface area contributed by atoms with E-state index in [4.69, 9.17) is 5.73 Å². The summed E-state index contributed by atoms with van der Waals surface area (Å²) in [6.07, 6.45) is 0. The Balaban J connectivity index is 2.68. The second-order valence-corrected chi connectivity index (χ2v) is 4.64. The van der Waals surface area contributed by atoms with E-state index >= 15 is 0 Å². The van der Waals surface area contributed by atoms with Crippen molar-refractivity contribution < 1.29 is 18.4 Å². The first kappa shape index (κ1) is 16.0. The lowest BCUT2D eigenvalue weighted by molar-refractivity contribution is -0.121. The third-order valence-corrected chi connectivity index (χ3v) is 2.64. The summed E-state index contributed by atoms with van der Waals surface area (Å²) >= 11 is 0. The molecule has 0 aliphatic rings. The molecule has 0 atom stereocenters. The predicted molar refractivity (Wildman–Crippen MR) is 70.9 cm³/mol. The Morgan fingerprint density at radius 2 is 1.95 bits per heavy atom. The zero-order valence-electron chi connectivity index (χ0n) is 11.3. The van der Waals surface area contributed by atoms with Crippen LogP contribution in [-0.2, 0) is 9.59 Å². The summed E-state index contributed by atoms with van der Waals surface area (Å²) in [6, 6.07) is 2.78. The van der Waals surface area contributed by atoms with Crippen LogP contribution in [-0.4, -0.2) is 35.8 Å². The second kappa shape index (κ2) is 6.95. The van der Waals surface area contributed by atoms with Gasteiger partial charge in [-0.1, -0.05) is 0 Å². The molecule has 0 aromatic heterocycles. The van der Waals surface area contributed by atoms with E-state index in [0.29, 0.717) is 6.07 Å². The lowest BCUT2D eigenvalue weighted by Gasteiger charge is -2.24. The summed E-state index contributed by atoms with van der Waals surface area (Å²) in [5.74, 6) is -2.65. The number of nitrogens with one attached hydrogen (secondary N) is 1. The second-order valence-electron chi connectivity index (χ2n) is 4.64. The Bertz CT molecular complexity index is 506. The summed E-state index contributed by atoms with van der Waals surface area (Å²) in [5, 5.41) is 2.32. The molecule has 1 aromatic carbocycles. The van der Waals surface area contributed by atoms with Crippen molar-refractivity contribution in [2.45, 2.75) is 19.9 Å². The van der Waals surface area contributed by atoms with Crippen LogP contribution in [0.1, 0.15) is 13.8 Å². The van der Waals surface area contributed by atoms with E-state index in [1.54, 1.807) is 18.7 Å². The van der Waals surface area contributed by atoms with Gasteiger partial charge in [0.25, 0.3) is 0 Å². The van der Waals surface area contributed by atoms with Gasteiger partial charge < -0.3 is 11.1 Å². The third-order valence-electron chi connectivity index (χ3n) is 2.64. The zero-order chi connectivity index (χ0) is 15.3. The van der Waals surface area contributed by atoms with Crippen molar-refractivity contribution in [3.8, 4) is 0 Å². The number of benzene rings is 1. The van der Waals surface area contributed by atoms with Crippen molar-refractivity contribution in [2.24, 2.45) is 5.73 Å². The van der Waals surface area contributed by atoms with Gasteiger partial charge in [0.2, 0.25) is 11.8 Å². The van der Waals surface area contributed by atoms with Crippen LogP contribution in [0.5, 0.6) is 0 Å². The highest BCUT2D eigenvalue weighted by Gasteiger charge is 2.17. The Labute approximate surface area is 115 Å². The van der Waals surface area contributed by atoms with Crippen LogP contribution in [0.4, 0.5) is 14.5 Å². The molecule has 20 heavy (non-hydrogen) atoms. The average molecular weight is 285 g/mol. The van der Waals surface area contributed by atoms with E-state index in [1.807, 2.05) is 0 Å². The van der Waals surface area contributed by atoms with Crippen LogP contribution >= 0.6 is 0 Å². The number of primary amides is 1. The summed E-state index contributed by atoms with van der Waals surface area (Å²) in [6.45, 7) is 3.41. The number of carbonyl (C=O) groups excluding carboxylic acids is 2. The lowest BCUT2D eigenvalue weighted by Crippen LogP contribution is -2.43. The van der Waals surface area contributed by atoms with Crippen molar-refractivity contribution in [3.05, 3.63) is 29.8 Å². The van der Waals surface area contributed by atoms with E-state index < -0.39 is 23.4 Å². The highest BCUT2D eigenvalue weighted by atomic mass is 19.1. The first-order valence-electron chi connectivity index (χ1n) is 6.07. The Hall–Kier alpha value is -2.02. The number of hydrogen-bond donors (Lipinski definition) is 2. The number of nitrogens with two attached hydrogens (primary N) is 1. The number of nitrogens with zero attached hydrogens (tertiary/aromatic N) is 1. The molecule has 0 bridgehead atoms. The molecule has 0 unspecified atom stereocenters. The molecule has 0 heterocycles. The minimum Gasteiger partial charge on any atom is -0.369 e. The smallest absolute Gasteiger partial charge is 0.238 e. The van der Waals surface area contributed by atoms with Crippen molar-refractivity contribution in [1.29, 1.82) is 0 Å². The lowest BCUT2D eigenvalue weighted by atomic mass is 10.2. The van der Waals surface area contributed by atoms with Crippen molar-refractivity contribution >= 4 is 17.5 Å². The Morgan fingerprint density at radius 3 is 2.45 bits per heavy atom. The van der Waals surface area contributed by atoms with Crippen molar-refractivity contribution in [2.75, 3.05) is 18.4 Å². The van der Waals surface area contributed by atoms with Gasteiger partial charge in [0.1, 0.15) is 11.6 Å². The topological polar surface area (TPSA) is 75.4 Å². The van der Waals surface area contributed by atoms with Gasteiger partial charge in [-0.25, -0.2) is 8.78 Å². The van der Waals surface area contributed by atoms with Gasteiger partial charge >= 0.3 is 0 Å². The molecule has 110 valence electrons. The molecule has 0 spiro atoms. The number of rotatable bonds is 6. The number of hydrogen-bond acceptors (Lipinski definition) is 3. The standard InChI is InChI=1S/C13H17F2N3O2/c1-8(2)18(6-12(16)19)7-13(20)17-11-4-3-9(14)5-10(11)15/h3-5,8H,6-7H2,1-2H3,(H2,16,19)(H,17,20). The Kier molecular flexibility index (Phi) is 5.57. The van der Waals surface area contributed by atoms with Crippen LogP contribution < -0.4 is 11.1 Å². The van der Waals surface area contributed by atoms with Crippen LogP contribution in [0.15, 0.2) is 18.2 Å². The SMILES string of the molecule is CC(C)N(CC(N)=O)CC(=O)Nc1ccc(F)cc1F.